The maximum Gasteiger partial charge on any atom is -0.0178 e. The molecule has 0 heterocycles. The molecule has 0 aliphatic rings. The van der Waals surface area contributed by atoms with Crippen LogP contribution in [0.4, 0.5) is 0 Å². The number of hydrogen-bond donors (Lipinski definition) is 0. The van der Waals surface area contributed by atoms with Crippen molar-refractivity contribution >= 4 is 0 Å². The van der Waals surface area contributed by atoms with Gasteiger partial charge in [0.05, 0.1) is 0 Å². The fourth-order valence-corrected chi connectivity index (χ4v) is 3.23. The van der Waals surface area contributed by atoms with Gasteiger partial charge in [0, 0.05) is 0 Å². The molecule has 0 aliphatic heterocycles. The van der Waals surface area contributed by atoms with Crippen LogP contribution in [0.5, 0.6) is 0 Å². The minimum atomic E-state index is 1.25. The van der Waals surface area contributed by atoms with Crippen molar-refractivity contribution < 1.29 is 0 Å². The molecule has 0 radical (unpaired) electrons. The van der Waals surface area contributed by atoms with Crippen LogP contribution in [-0.4, -0.2) is 0 Å². The molecule has 0 saturated heterocycles. The topological polar surface area (TPSA) is 0 Å². The molecule has 0 N–H and O–H groups in total. The molecule has 0 spiro atoms. The fraction of sp³-hybridized carbons (Fsp3) is 0.0769. The van der Waals surface area contributed by atoms with E-state index in [0.29, 0.717) is 0 Å². The van der Waals surface area contributed by atoms with Gasteiger partial charge in [0.15, 0.2) is 0 Å². The molecule has 0 heteroatoms. The fourth-order valence-electron chi connectivity index (χ4n) is 3.23. The van der Waals surface area contributed by atoms with Crippen molar-refractivity contribution in [3.63, 3.8) is 0 Å². The Morgan fingerprint density at radius 3 is 1.04 bits per heavy atom. The lowest BCUT2D eigenvalue weighted by Crippen LogP contribution is -1.83. The van der Waals surface area contributed by atoms with Gasteiger partial charge in [-0.1, -0.05) is 102 Å². The van der Waals surface area contributed by atoms with Crippen molar-refractivity contribution in [3.05, 3.63) is 108 Å². The molecule has 0 nitrogen and oxygen atoms in total. The van der Waals surface area contributed by atoms with Gasteiger partial charge in [-0.05, 0) is 53.3 Å². The Morgan fingerprint density at radius 1 is 0.346 bits per heavy atom. The predicted molar refractivity (Wildman–Crippen MR) is 112 cm³/mol. The summed E-state index contributed by atoms with van der Waals surface area (Å²) in [5.74, 6) is 0. The van der Waals surface area contributed by atoms with Crippen LogP contribution in [0.2, 0.25) is 0 Å². The van der Waals surface area contributed by atoms with Gasteiger partial charge >= 0.3 is 0 Å². The van der Waals surface area contributed by atoms with E-state index in [1.54, 1.807) is 0 Å². The maximum absolute atomic E-state index is 2.27. The quantitative estimate of drug-likeness (QED) is 0.368. The first-order valence-corrected chi connectivity index (χ1v) is 9.04. The molecular formula is C26H22. The lowest BCUT2D eigenvalue weighted by molar-refractivity contribution is 1.46. The highest BCUT2D eigenvalue weighted by Gasteiger charge is 2.03. The van der Waals surface area contributed by atoms with E-state index < -0.39 is 0 Å². The second-order valence-electron chi connectivity index (χ2n) is 6.89. The van der Waals surface area contributed by atoms with Gasteiger partial charge in [-0.2, -0.15) is 0 Å². The summed E-state index contributed by atoms with van der Waals surface area (Å²) in [6.45, 7) is 4.24. The summed E-state index contributed by atoms with van der Waals surface area (Å²) in [5.41, 5.74) is 10.1. The summed E-state index contributed by atoms with van der Waals surface area (Å²) in [5, 5.41) is 0. The van der Waals surface area contributed by atoms with Gasteiger partial charge in [-0.3, -0.25) is 0 Å². The van der Waals surface area contributed by atoms with Crippen LogP contribution in [-0.2, 0) is 0 Å². The van der Waals surface area contributed by atoms with Crippen molar-refractivity contribution in [1.29, 1.82) is 0 Å². The molecule has 0 unspecified atom stereocenters. The first-order chi connectivity index (χ1) is 12.7. The molecule has 0 aromatic heterocycles. The van der Waals surface area contributed by atoms with Gasteiger partial charge in [0.2, 0.25) is 0 Å². The lowest BCUT2D eigenvalue weighted by Gasteiger charge is -2.08. The molecule has 4 rings (SSSR count). The molecule has 0 fully saturated rings. The van der Waals surface area contributed by atoms with E-state index in [4.69, 9.17) is 0 Å². The van der Waals surface area contributed by atoms with Crippen LogP contribution in [0.3, 0.4) is 0 Å². The minimum absolute atomic E-state index is 1.25. The van der Waals surface area contributed by atoms with Crippen molar-refractivity contribution in [3.8, 4) is 33.4 Å². The summed E-state index contributed by atoms with van der Waals surface area (Å²) in [6, 6.07) is 35.0. The van der Waals surface area contributed by atoms with Crippen LogP contribution in [0.25, 0.3) is 33.4 Å². The van der Waals surface area contributed by atoms with Crippen molar-refractivity contribution in [1.82, 2.24) is 0 Å². The standard InChI is InChI=1S/C26H22/c1-19-6-10-21(11-7-19)22-14-16-24(17-15-22)26-5-3-4-25(18-26)23-12-8-20(2)9-13-23/h3-18H,1-2H3. The van der Waals surface area contributed by atoms with Crippen molar-refractivity contribution in [2.45, 2.75) is 13.8 Å². The minimum Gasteiger partial charge on any atom is -0.0610 e. The average molecular weight is 334 g/mol. The molecule has 4 aromatic rings. The molecule has 0 atom stereocenters. The third-order valence-electron chi connectivity index (χ3n) is 4.85. The summed E-state index contributed by atoms with van der Waals surface area (Å²) in [6.07, 6.45) is 0. The number of hydrogen-bond acceptors (Lipinski definition) is 0. The van der Waals surface area contributed by atoms with E-state index in [1.165, 1.54) is 44.5 Å². The van der Waals surface area contributed by atoms with E-state index in [-0.39, 0.29) is 0 Å². The number of rotatable bonds is 3. The van der Waals surface area contributed by atoms with E-state index in [1.807, 2.05) is 0 Å². The van der Waals surface area contributed by atoms with Gasteiger partial charge < -0.3 is 0 Å². The summed E-state index contributed by atoms with van der Waals surface area (Å²) < 4.78 is 0. The van der Waals surface area contributed by atoms with E-state index in [0.717, 1.165) is 0 Å². The molecule has 126 valence electrons. The Kier molecular flexibility index (Phi) is 4.41. The number of aryl methyl sites for hydroxylation is 2. The van der Waals surface area contributed by atoms with Gasteiger partial charge in [-0.25, -0.2) is 0 Å². The van der Waals surface area contributed by atoms with Crippen LogP contribution in [0, 0.1) is 13.8 Å². The third kappa shape index (κ3) is 3.45. The molecule has 0 amide bonds. The van der Waals surface area contributed by atoms with E-state index in [9.17, 15) is 0 Å². The summed E-state index contributed by atoms with van der Waals surface area (Å²) in [7, 11) is 0. The Balaban J connectivity index is 1.64. The average Bonchev–Trinajstić information content (AvgIpc) is 2.69. The first kappa shape index (κ1) is 16.4. The van der Waals surface area contributed by atoms with Crippen LogP contribution in [0.15, 0.2) is 97.1 Å². The highest BCUT2D eigenvalue weighted by atomic mass is 14.1. The zero-order valence-electron chi connectivity index (χ0n) is 15.2. The van der Waals surface area contributed by atoms with Crippen LogP contribution >= 0.6 is 0 Å². The largest absolute Gasteiger partial charge is 0.0610 e. The highest BCUT2D eigenvalue weighted by Crippen LogP contribution is 2.28. The SMILES string of the molecule is Cc1ccc(-c2ccc(-c3cccc(-c4ccc(C)cc4)c3)cc2)cc1. The smallest absolute Gasteiger partial charge is 0.0178 e. The lowest BCUT2D eigenvalue weighted by atomic mass is 9.96. The first-order valence-electron chi connectivity index (χ1n) is 9.04. The second kappa shape index (κ2) is 7.01. The molecular weight excluding hydrogens is 312 g/mol. The van der Waals surface area contributed by atoms with Gasteiger partial charge in [-0.15, -0.1) is 0 Å². The van der Waals surface area contributed by atoms with Crippen molar-refractivity contribution in [2.75, 3.05) is 0 Å². The van der Waals surface area contributed by atoms with Gasteiger partial charge in [0.1, 0.15) is 0 Å². The molecule has 0 bridgehead atoms. The zero-order chi connectivity index (χ0) is 17.9. The van der Waals surface area contributed by atoms with Crippen LogP contribution < -0.4 is 0 Å². The third-order valence-corrected chi connectivity index (χ3v) is 4.85. The molecule has 26 heavy (non-hydrogen) atoms. The zero-order valence-corrected chi connectivity index (χ0v) is 15.2. The summed E-state index contributed by atoms with van der Waals surface area (Å²) >= 11 is 0. The predicted octanol–water partition coefficient (Wildman–Crippen LogP) is 7.30. The molecule has 4 aromatic carbocycles. The summed E-state index contributed by atoms with van der Waals surface area (Å²) in [4.78, 5) is 0. The maximum atomic E-state index is 2.27. The Labute approximate surface area is 155 Å². The second-order valence-corrected chi connectivity index (χ2v) is 6.89. The normalized spacial score (nSPS) is 10.7. The van der Waals surface area contributed by atoms with E-state index >= 15 is 0 Å². The number of benzene rings is 4. The van der Waals surface area contributed by atoms with E-state index in [2.05, 4.69) is 111 Å². The molecule has 0 aliphatic carbocycles. The Bertz CT molecular complexity index is 1000. The van der Waals surface area contributed by atoms with Crippen LogP contribution in [0.1, 0.15) is 11.1 Å². The van der Waals surface area contributed by atoms with Crippen molar-refractivity contribution in [2.24, 2.45) is 0 Å². The monoisotopic (exact) mass is 334 g/mol. The van der Waals surface area contributed by atoms with Gasteiger partial charge in [0.25, 0.3) is 0 Å². The highest BCUT2D eigenvalue weighted by molar-refractivity contribution is 5.75. The molecule has 0 saturated carbocycles. The Morgan fingerprint density at radius 2 is 0.654 bits per heavy atom. The Hall–Kier alpha value is -3.12.